The molecule has 2 bridgehead atoms. The zero-order chi connectivity index (χ0) is 23.0. The van der Waals surface area contributed by atoms with Crippen LogP contribution in [0.1, 0.15) is 57.6 Å². The molecule has 1 N–H and O–H groups in total. The van der Waals surface area contributed by atoms with E-state index in [-0.39, 0.29) is 6.04 Å². The fourth-order valence-corrected chi connectivity index (χ4v) is 4.49. The molecule has 1 saturated heterocycles. The van der Waals surface area contributed by atoms with Crippen molar-refractivity contribution in [3.05, 3.63) is 65.4 Å². The Morgan fingerprint density at radius 3 is 2.42 bits per heavy atom. The third-order valence-corrected chi connectivity index (χ3v) is 6.12. The van der Waals surface area contributed by atoms with Crippen molar-refractivity contribution in [2.24, 2.45) is 5.92 Å². The topological polar surface area (TPSA) is 32.3 Å². The normalized spacial score (nSPS) is 23.2. The molecular weight excluding hydrogens is 401 g/mol. The molecule has 2 fully saturated rings. The number of alkyl halides is 3. The van der Waals surface area contributed by atoms with Crippen molar-refractivity contribution in [2.75, 3.05) is 6.54 Å². The monoisotopic (exact) mass is 434 g/mol. The summed E-state index contributed by atoms with van der Waals surface area (Å²) >= 11 is 0. The van der Waals surface area contributed by atoms with Gasteiger partial charge in [0.25, 0.3) is 0 Å². The van der Waals surface area contributed by atoms with Crippen LogP contribution in [-0.4, -0.2) is 29.5 Å². The number of hydrogen-bond donors (Lipinski definition) is 1. The Bertz CT molecular complexity index is 807. The summed E-state index contributed by atoms with van der Waals surface area (Å²) in [6.45, 7) is 10.4. The molecule has 3 rings (SSSR count). The predicted molar refractivity (Wildman–Crippen MR) is 119 cm³/mol. The van der Waals surface area contributed by atoms with Crippen molar-refractivity contribution in [3.8, 4) is 0 Å². The smallest absolute Gasteiger partial charge is 0.355 e. The number of nitrogens with one attached hydrogen (secondary N) is 1. The molecule has 1 saturated carbocycles. The lowest BCUT2D eigenvalue weighted by Gasteiger charge is -2.46. The Balaban J connectivity index is 0.00000107. The highest BCUT2D eigenvalue weighted by molar-refractivity contribution is 5.59. The van der Waals surface area contributed by atoms with E-state index in [0.29, 0.717) is 24.2 Å². The van der Waals surface area contributed by atoms with Gasteiger partial charge in [-0.2, -0.15) is 13.2 Å². The maximum atomic E-state index is 12.9. The molecular formula is C25H33F3N2O. The van der Waals surface area contributed by atoms with E-state index in [2.05, 4.69) is 22.7 Å². The van der Waals surface area contributed by atoms with E-state index < -0.39 is 11.7 Å². The minimum atomic E-state index is -4.35. The molecule has 1 heterocycles. The zero-order valence-corrected chi connectivity index (χ0v) is 18.6. The van der Waals surface area contributed by atoms with Crippen molar-refractivity contribution >= 4 is 5.94 Å². The van der Waals surface area contributed by atoms with Gasteiger partial charge in [0.1, 0.15) is 5.70 Å². The van der Waals surface area contributed by atoms with Crippen LogP contribution < -0.4 is 5.32 Å². The minimum absolute atomic E-state index is 0.201. The first-order valence-corrected chi connectivity index (χ1v) is 10.9. The standard InChI is InChI=1S/C22H27F3N2O.C3H6/c1-3-15(2)21(14-28)27(20-9-8-19-12-17(20)10-11-26-19)13-16-4-6-18(7-5-16)22(23,24)25;1-3-2/h3-7,17,19-20,26H,8-13H2,1-2H3;3H,1H2,2H3/b15-3+;. The van der Waals surface area contributed by atoms with Gasteiger partial charge in [-0.15, -0.1) is 6.58 Å². The van der Waals surface area contributed by atoms with Gasteiger partial charge in [0.2, 0.25) is 0 Å². The van der Waals surface area contributed by atoms with E-state index in [1.165, 1.54) is 12.1 Å². The summed E-state index contributed by atoms with van der Waals surface area (Å²) in [6.07, 6.45) is 3.42. The van der Waals surface area contributed by atoms with Crippen molar-refractivity contribution in [1.82, 2.24) is 10.2 Å². The Morgan fingerprint density at radius 2 is 1.87 bits per heavy atom. The van der Waals surface area contributed by atoms with E-state index in [9.17, 15) is 18.0 Å². The van der Waals surface area contributed by atoms with Gasteiger partial charge in [-0.05, 0) is 82.2 Å². The Kier molecular flexibility index (Phi) is 9.15. The molecule has 1 aromatic carbocycles. The van der Waals surface area contributed by atoms with Crippen LogP contribution in [0.5, 0.6) is 0 Å². The quantitative estimate of drug-likeness (QED) is 0.355. The molecule has 0 aromatic heterocycles. The summed E-state index contributed by atoms with van der Waals surface area (Å²) in [5, 5.41) is 3.54. The van der Waals surface area contributed by atoms with E-state index in [0.717, 1.165) is 55.5 Å². The summed E-state index contributed by atoms with van der Waals surface area (Å²) in [7, 11) is 0. The number of halogens is 3. The highest BCUT2D eigenvalue weighted by atomic mass is 19.4. The lowest BCUT2D eigenvalue weighted by atomic mass is 9.76. The number of rotatable bonds is 5. The Hall–Kier alpha value is -2.30. The number of fused-ring (bicyclic) bond motifs is 2. The third-order valence-electron chi connectivity index (χ3n) is 6.12. The first-order valence-electron chi connectivity index (χ1n) is 10.9. The first-order chi connectivity index (χ1) is 14.7. The second-order valence-electron chi connectivity index (χ2n) is 8.23. The average Bonchev–Trinajstić information content (AvgIpc) is 2.74. The van der Waals surface area contributed by atoms with Crippen molar-refractivity contribution in [3.63, 3.8) is 0 Å². The molecule has 3 nitrogen and oxygen atoms in total. The second-order valence-corrected chi connectivity index (χ2v) is 8.23. The second kappa shape index (κ2) is 11.4. The summed E-state index contributed by atoms with van der Waals surface area (Å²) in [6, 6.07) is 5.99. The van der Waals surface area contributed by atoms with E-state index in [1.807, 2.05) is 26.8 Å². The number of piperidine rings is 1. The molecule has 6 heteroatoms. The lowest BCUT2D eigenvalue weighted by molar-refractivity contribution is -0.137. The van der Waals surface area contributed by atoms with Gasteiger partial charge in [0.15, 0.2) is 5.94 Å². The molecule has 3 unspecified atom stereocenters. The van der Waals surface area contributed by atoms with Crippen molar-refractivity contribution in [1.29, 1.82) is 0 Å². The highest BCUT2D eigenvalue weighted by Gasteiger charge is 2.37. The van der Waals surface area contributed by atoms with Crippen LogP contribution in [0, 0.1) is 5.92 Å². The maximum absolute atomic E-state index is 12.9. The van der Waals surface area contributed by atoms with Gasteiger partial charge >= 0.3 is 6.18 Å². The Morgan fingerprint density at radius 1 is 1.23 bits per heavy atom. The fourth-order valence-electron chi connectivity index (χ4n) is 4.49. The molecule has 0 amide bonds. The summed E-state index contributed by atoms with van der Waals surface area (Å²) in [5.41, 5.74) is 1.47. The Labute approximate surface area is 183 Å². The highest BCUT2D eigenvalue weighted by Crippen LogP contribution is 2.37. The number of benzene rings is 1. The van der Waals surface area contributed by atoms with Gasteiger partial charge in [-0.25, -0.2) is 4.79 Å². The molecule has 0 radical (unpaired) electrons. The van der Waals surface area contributed by atoms with Crippen LogP contribution in [0.3, 0.4) is 0 Å². The van der Waals surface area contributed by atoms with E-state index in [4.69, 9.17) is 0 Å². The molecule has 3 atom stereocenters. The van der Waals surface area contributed by atoms with E-state index >= 15 is 0 Å². The summed E-state index contributed by atoms with van der Waals surface area (Å²) in [4.78, 5) is 13.9. The third kappa shape index (κ3) is 6.59. The van der Waals surface area contributed by atoms with Gasteiger partial charge in [-0.3, -0.25) is 0 Å². The molecule has 170 valence electrons. The minimum Gasteiger partial charge on any atom is -0.355 e. The number of hydrogen-bond acceptors (Lipinski definition) is 3. The molecule has 1 aromatic rings. The van der Waals surface area contributed by atoms with Crippen LogP contribution in [0.25, 0.3) is 0 Å². The number of nitrogens with zero attached hydrogens (tertiary/aromatic N) is 1. The average molecular weight is 435 g/mol. The molecule has 2 aliphatic rings. The predicted octanol–water partition coefficient (Wildman–Crippen LogP) is 5.91. The summed E-state index contributed by atoms with van der Waals surface area (Å²) in [5.74, 6) is 2.58. The number of allylic oxidation sites excluding steroid dienone is 3. The largest absolute Gasteiger partial charge is 0.416 e. The molecule has 31 heavy (non-hydrogen) atoms. The van der Waals surface area contributed by atoms with Gasteiger partial charge in [0.05, 0.1) is 5.56 Å². The zero-order valence-electron chi connectivity index (χ0n) is 18.6. The maximum Gasteiger partial charge on any atom is 0.416 e. The summed E-state index contributed by atoms with van der Waals surface area (Å²) < 4.78 is 38.6. The van der Waals surface area contributed by atoms with Gasteiger partial charge in [0, 0.05) is 18.6 Å². The number of carbonyl (C=O) groups excluding carboxylic acids is 1. The van der Waals surface area contributed by atoms with Crippen LogP contribution >= 0.6 is 0 Å². The van der Waals surface area contributed by atoms with Gasteiger partial charge < -0.3 is 10.2 Å². The molecule has 1 aliphatic heterocycles. The van der Waals surface area contributed by atoms with Crippen molar-refractivity contribution in [2.45, 2.75) is 71.3 Å². The fraction of sp³-hybridized carbons (Fsp3) is 0.520. The van der Waals surface area contributed by atoms with Crippen molar-refractivity contribution < 1.29 is 18.0 Å². The van der Waals surface area contributed by atoms with Crippen LogP contribution in [0.4, 0.5) is 13.2 Å². The van der Waals surface area contributed by atoms with Crippen LogP contribution in [0.2, 0.25) is 0 Å². The van der Waals surface area contributed by atoms with Crippen LogP contribution in [0.15, 0.2) is 54.3 Å². The SMILES string of the molecule is C/C=C(\C)C(=C=O)N(Cc1ccc(C(F)(F)F)cc1)C1CCC2CC1CCN2.C=CC. The first kappa shape index (κ1) is 25.0. The van der Waals surface area contributed by atoms with Gasteiger partial charge in [-0.1, -0.05) is 24.3 Å². The van der Waals surface area contributed by atoms with E-state index in [1.54, 1.807) is 6.08 Å². The van der Waals surface area contributed by atoms with Crippen LogP contribution in [-0.2, 0) is 17.5 Å². The molecule has 1 aliphatic carbocycles. The molecule has 0 spiro atoms. The lowest BCUT2D eigenvalue weighted by Crippen LogP contribution is -2.51.